The molecule has 0 bridgehead atoms. The van der Waals surface area contributed by atoms with Crippen LogP contribution in [-0.2, 0) is 16.6 Å². The number of likely N-dealkylation sites (N-methyl/N-ethyl adjacent to an activating group) is 1. The molecular formula is C15H27N5O2. The van der Waals surface area contributed by atoms with E-state index in [-0.39, 0.29) is 12.0 Å². The third-order valence-electron chi connectivity index (χ3n) is 3.93. The van der Waals surface area contributed by atoms with Crippen molar-refractivity contribution in [2.24, 2.45) is 7.05 Å². The zero-order valence-corrected chi connectivity index (χ0v) is 14.2. The molecule has 2 rings (SSSR count). The van der Waals surface area contributed by atoms with Crippen molar-refractivity contribution >= 4 is 11.6 Å². The Morgan fingerprint density at radius 3 is 2.77 bits per heavy atom. The van der Waals surface area contributed by atoms with Crippen LogP contribution in [0.2, 0.25) is 0 Å². The number of amides is 1. The summed E-state index contributed by atoms with van der Waals surface area (Å²) in [6, 6.07) is 0. The smallest absolute Gasteiger partial charge is 0.238 e. The summed E-state index contributed by atoms with van der Waals surface area (Å²) in [5.41, 5.74) is 2.64. The summed E-state index contributed by atoms with van der Waals surface area (Å²) >= 11 is 0. The molecule has 1 atom stereocenters. The first-order chi connectivity index (χ1) is 10.4. The number of hydrogen-bond acceptors (Lipinski definition) is 5. The van der Waals surface area contributed by atoms with E-state index in [9.17, 15) is 4.79 Å². The quantitative estimate of drug-likeness (QED) is 0.844. The van der Waals surface area contributed by atoms with Crippen LogP contribution in [0.4, 0.5) is 5.69 Å². The normalized spacial score (nSPS) is 19.6. The van der Waals surface area contributed by atoms with Crippen LogP contribution in [0.5, 0.6) is 0 Å². The molecular weight excluding hydrogens is 282 g/mol. The van der Waals surface area contributed by atoms with Crippen molar-refractivity contribution in [3.05, 3.63) is 11.4 Å². The van der Waals surface area contributed by atoms with E-state index in [0.29, 0.717) is 13.2 Å². The molecule has 22 heavy (non-hydrogen) atoms. The largest absolute Gasteiger partial charge is 0.374 e. The van der Waals surface area contributed by atoms with Gasteiger partial charge in [-0.1, -0.05) is 0 Å². The van der Waals surface area contributed by atoms with Crippen LogP contribution in [0.3, 0.4) is 0 Å². The number of morpholine rings is 1. The lowest BCUT2D eigenvalue weighted by Gasteiger charge is -2.33. The summed E-state index contributed by atoms with van der Waals surface area (Å²) in [4.78, 5) is 16.5. The number of carbonyl (C=O) groups excluding carboxylic acids is 1. The van der Waals surface area contributed by atoms with E-state index in [1.54, 1.807) is 4.68 Å². The number of anilines is 1. The molecule has 1 fully saturated rings. The number of nitrogens with zero attached hydrogens (tertiary/aromatic N) is 4. The highest BCUT2D eigenvalue weighted by Crippen LogP contribution is 2.18. The van der Waals surface area contributed by atoms with Gasteiger partial charge in [0.2, 0.25) is 5.91 Å². The molecule has 0 spiro atoms. The first-order valence-corrected chi connectivity index (χ1v) is 7.65. The van der Waals surface area contributed by atoms with Crippen LogP contribution in [0, 0.1) is 13.8 Å². The van der Waals surface area contributed by atoms with Crippen LogP contribution in [-0.4, -0.2) is 78.5 Å². The van der Waals surface area contributed by atoms with Crippen molar-refractivity contribution in [1.82, 2.24) is 19.6 Å². The fourth-order valence-corrected chi connectivity index (χ4v) is 2.78. The van der Waals surface area contributed by atoms with Crippen molar-refractivity contribution in [3.63, 3.8) is 0 Å². The Bertz CT molecular complexity index is 526. The molecule has 7 nitrogen and oxygen atoms in total. The summed E-state index contributed by atoms with van der Waals surface area (Å²) in [6.07, 6.45) is 0.165. The summed E-state index contributed by atoms with van der Waals surface area (Å²) in [5.74, 6) is 0.00435. The van der Waals surface area contributed by atoms with Crippen LogP contribution in [0.1, 0.15) is 11.4 Å². The van der Waals surface area contributed by atoms with Gasteiger partial charge in [0, 0.05) is 26.7 Å². The minimum atomic E-state index is 0.00435. The topological polar surface area (TPSA) is 62.6 Å². The molecule has 0 aromatic carbocycles. The molecule has 1 N–H and O–H groups in total. The number of aryl methyl sites for hydroxylation is 2. The van der Waals surface area contributed by atoms with E-state index < -0.39 is 0 Å². The molecule has 1 amide bonds. The Morgan fingerprint density at radius 1 is 1.45 bits per heavy atom. The molecule has 7 heteroatoms. The number of rotatable bonds is 5. The number of aromatic nitrogens is 2. The maximum absolute atomic E-state index is 12.3. The van der Waals surface area contributed by atoms with Gasteiger partial charge in [0.25, 0.3) is 0 Å². The predicted octanol–water partition coefficient (Wildman–Crippen LogP) is 0.238. The SMILES string of the molecule is Cc1nn(C)c(C)c1NC(=O)CN1CCOC(CN(C)C)C1. The van der Waals surface area contributed by atoms with E-state index in [0.717, 1.165) is 36.7 Å². The van der Waals surface area contributed by atoms with Gasteiger partial charge in [-0.2, -0.15) is 5.10 Å². The van der Waals surface area contributed by atoms with Crippen LogP contribution in [0.15, 0.2) is 0 Å². The monoisotopic (exact) mass is 309 g/mol. The Morgan fingerprint density at radius 2 is 2.18 bits per heavy atom. The van der Waals surface area contributed by atoms with Gasteiger partial charge in [0.05, 0.1) is 36.3 Å². The fourth-order valence-electron chi connectivity index (χ4n) is 2.78. The number of carbonyl (C=O) groups is 1. The zero-order chi connectivity index (χ0) is 16.3. The van der Waals surface area contributed by atoms with Gasteiger partial charge in [-0.05, 0) is 27.9 Å². The average molecular weight is 309 g/mol. The van der Waals surface area contributed by atoms with Gasteiger partial charge in [-0.15, -0.1) is 0 Å². The van der Waals surface area contributed by atoms with Gasteiger partial charge in [-0.3, -0.25) is 14.4 Å². The molecule has 0 radical (unpaired) electrons. The Balaban J connectivity index is 1.89. The second kappa shape index (κ2) is 7.21. The van der Waals surface area contributed by atoms with E-state index in [2.05, 4.69) is 20.2 Å². The molecule has 1 aliphatic rings. The third-order valence-corrected chi connectivity index (χ3v) is 3.93. The lowest BCUT2D eigenvalue weighted by atomic mass is 10.2. The number of hydrogen-bond donors (Lipinski definition) is 1. The Labute approximate surface area is 132 Å². The van der Waals surface area contributed by atoms with E-state index >= 15 is 0 Å². The molecule has 1 aliphatic heterocycles. The van der Waals surface area contributed by atoms with E-state index in [1.807, 2.05) is 35.0 Å². The Kier molecular flexibility index (Phi) is 5.55. The zero-order valence-electron chi connectivity index (χ0n) is 14.2. The van der Waals surface area contributed by atoms with Crippen LogP contribution < -0.4 is 5.32 Å². The first kappa shape index (κ1) is 16.9. The highest BCUT2D eigenvalue weighted by atomic mass is 16.5. The van der Waals surface area contributed by atoms with Gasteiger partial charge >= 0.3 is 0 Å². The molecule has 0 aliphatic carbocycles. The van der Waals surface area contributed by atoms with Crippen molar-refractivity contribution in [2.45, 2.75) is 20.0 Å². The van der Waals surface area contributed by atoms with Gasteiger partial charge in [-0.25, -0.2) is 0 Å². The molecule has 124 valence electrons. The number of ether oxygens (including phenoxy) is 1. The van der Waals surface area contributed by atoms with Crippen molar-refractivity contribution in [1.29, 1.82) is 0 Å². The maximum atomic E-state index is 12.3. The van der Waals surface area contributed by atoms with Gasteiger partial charge in [0.15, 0.2) is 0 Å². The highest BCUT2D eigenvalue weighted by molar-refractivity contribution is 5.93. The standard InChI is InChI=1S/C15H27N5O2/c1-11-15(12(2)19(5)17-11)16-14(21)10-20-6-7-22-13(9-20)8-18(3)4/h13H,6-10H2,1-5H3,(H,16,21). The molecule has 1 aromatic heterocycles. The molecule has 2 heterocycles. The second-order valence-electron chi connectivity index (χ2n) is 6.21. The summed E-state index contributed by atoms with van der Waals surface area (Å²) in [6.45, 7) is 7.39. The molecule has 1 unspecified atom stereocenters. The maximum Gasteiger partial charge on any atom is 0.238 e. The Hall–Kier alpha value is -1.44. The van der Waals surface area contributed by atoms with Crippen molar-refractivity contribution < 1.29 is 9.53 Å². The van der Waals surface area contributed by atoms with Crippen molar-refractivity contribution in [3.8, 4) is 0 Å². The summed E-state index contributed by atoms with van der Waals surface area (Å²) in [5, 5.41) is 7.31. The van der Waals surface area contributed by atoms with Crippen LogP contribution >= 0.6 is 0 Å². The second-order valence-corrected chi connectivity index (χ2v) is 6.21. The first-order valence-electron chi connectivity index (χ1n) is 7.65. The summed E-state index contributed by atoms with van der Waals surface area (Å²) in [7, 11) is 5.94. The predicted molar refractivity (Wildman–Crippen MR) is 86.0 cm³/mol. The fraction of sp³-hybridized carbons (Fsp3) is 0.733. The lowest BCUT2D eigenvalue weighted by Crippen LogP contribution is -2.48. The number of nitrogens with one attached hydrogen (secondary N) is 1. The molecule has 0 saturated carbocycles. The molecule has 1 aromatic rings. The minimum Gasteiger partial charge on any atom is -0.374 e. The lowest BCUT2D eigenvalue weighted by molar-refractivity contribution is -0.119. The third kappa shape index (κ3) is 4.28. The minimum absolute atomic E-state index is 0.00435. The highest BCUT2D eigenvalue weighted by Gasteiger charge is 2.23. The summed E-state index contributed by atoms with van der Waals surface area (Å²) < 4.78 is 7.52. The van der Waals surface area contributed by atoms with E-state index in [1.165, 1.54) is 0 Å². The van der Waals surface area contributed by atoms with Gasteiger partial charge in [0.1, 0.15) is 0 Å². The van der Waals surface area contributed by atoms with Crippen molar-refractivity contribution in [2.75, 3.05) is 52.2 Å². The van der Waals surface area contributed by atoms with Crippen LogP contribution in [0.25, 0.3) is 0 Å². The van der Waals surface area contributed by atoms with E-state index in [4.69, 9.17) is 4.74 Å². The molecule has 1 saturated heterocycles. The average Bonchev–Trinajstić information content (AvgIpc) is 2.65. The van der Waals surface area contributed by atoms with Gasteiger partial charge < -0.3 is 15.0 Å².